The van der Waals surface area contributed by atoms with Crippen LogP contribution in [0.1, 0.15) is 5.56 Å². The number of fused-ring (bicyclic) bond motifs is 2. The summed E-state index contributed by atoms with van der Waals surface area (Å²) in [5.41, 5.74) is 5.52. The molecule has 0 aliphatic heterocycles. The zero-order valence-electron chi connectivity index (χ0n) is 18.2. The van der Waals surface area contributed by atoms with E-state index in [2.05, 4.69) is 20.3 Å². The Morgan fingerprint density at radius 1 is 0.879 bits per heavy atom. The molecule has 2 aromatic heterocycles. The molecule has 0 amide bonds. The van der Waals surface area contributed by atoms with Gasteiger partial charge >= 0.3 is 0 Å². The van der Waals surface area contributed by atoms with Crippen molar-refractivity contribution in [1.29, 1.82) is 0 Å². The van der Waals surface area contributed by atoms with Crippen LogP contribution in [-0.2, 0) is 4.74 Å². The van der Waals surface area contributed by atoms with E-state index in [0.29, 0.717) is 19.0 Å². The number of hydrogen-bond donors (Lipinski definition) is 1. The summed E-state index contributed by atoms with van der Waals surface area (Å²) in [5.74, 6) is 3.00. The Morgan fingerprint density at radius 3 is 2.67 bits per heavy atom. The van der Waals surface area contributed by atoms with E-state index in [0.717, 1.165) is 49.6 Å². The van der Waals surface area contributed by atoms with Crippen LogP contribution >= 0.6 is 11.3 Å². The van der Waals surface area contributed by atoms with Crippen LogP contribution in [-0.4, -0.2) is 35.3 Å². The van der Waals surface area contributed by atoms with E-state index in [4.69, 9.17) is 14.2 Å². The fraction of sp³-hybridized carbons (Fsp3) is 0.160. The van der Waals surface area contributed by atoms with E-state index in [1.54, 1.807) is 24.8 Å². The smallest absolute Gasteiger partial charge is 0.141 e. The first kappa shape index (κ1) is 21.1. The predicted octanol–water partition coefficient (Wildman–Crippen LogP) is 6.11. The molecule has 0 aliphatic carbocycles. The van der Waals surface area contributed by atoms with Crippen LogP contribution in [0.5, 0.6) is 17.2 Å². The normalized spacial score (nSPS) is 11.1. The average Bonchev–Trinajstić information content (AvgIpc) is 3.29. The number of benzene rings is 3. The Labute approximate surface area is 195 Å². The van der Waals surface area contributed by atoms with Gasteiger partial charge in [-0.15, -0.1) is 11.3 Å². The van der Waals surface area contributed by atoms with Gasteiger partial charge in [0.2, 0.25) is 0 Å². The summed E-state index contributed by atoms with van der Waals surface area (Å²) in [6, 6.07) is 17.7. The van der Waals surface area contributed by atoms with Gasteiger partial charge in [-0.1, -0.05) is 0 Å². The maximum atomic E-state index is 6.11. The Balaban J connectivity index is 1.36. The third kappa shape index (κ3) is 4.72. The molecule has 0 fully saturated rings. The second-order valence-electron chi connectivity index (χ2n) is 7.43. The lowest BCUT2D eigenvalue weighted by atomic mass is 10.2. The molecule has 8 heteroatoms. The highest BCUT2D eigenvalue weighted by molar-refractivity contribution is 7.16. The molecule has 7 nitrogen and oxygen atoms in total. The average molecular weight is 459 g/mol. The third-order valence-electron chi connectivity index (χ3n) is 5.13. The molecule has 1 N–H and O–H groups in total. The minimum atomic E-state index is 0.481. The number of nitrogens with one attached hydrogen (secondary N) is 1. The van der Waals surface area contributed by atoms with Crippen LogP contribution in [0.4, 0.5) is 11.5 Å². The first-order chi connectivity index (χ1) is 16.2. The van der Waals surface area contributed by atoms with Gasteiger partial charge in [-0.2, -0.15) is 0 Å². The van der Waals surface area contributed by atoms with Crippen molar-refractivity contribution in [3.8, 4) is 17.2 Å². The van der Waals surface area contributed by atoms with Gasteiger partial charge in [0.15, 0.2) is 0 Å². The van der Waals surface area contributed by atoms with Crippen LogP contribution in [0, 0.1) is 6.92 Å². The van der Waals surface area contributed by atoms with Gasteiger partial charge in [0, 0.05) is 24.2 Å². The number of aryl methyl sites for hydroxylation is 1. The Bertz CT molecular complexity index is 1420. The fourth-order valence-corrected chi connectivity index (χ4v) is 4.13. The SMILES string of the molecule is COCCOc1ccc2ncnc(Nc3ccc(Oc4ccc5scnc5c4)c(C)c3)c2c1. The Hall–Kier alpha value is -3.75. The number of hydrogen-bond acceptors (Lipinski definition) is 8. The lowest BCUT2D eigenvalue weighted by molar-refractivity contribution is 0.146. The summed E-state index contributed by atoms with van der Waals surface area (Å²) in [5, 5.41) is 4.28. The van der Waals surface area contributed by atoms with Gasteiger partial charge < -0.3 is 19.5 Å². The van der Waals surface area contributed by atoms with E-state index in [1.165, 1.54) is 0 Å². The van der Waals surface area contributed by atoms with E-state index in [1.807, 2.05) is 67.0 Å². The lowest BCUT2D eigenvalue weighted by Crippen LogP contribution is -2.04. The monoisotopic (exact) mass is 458 g/mol. The number of ether oxygens (including phenoxy) is 3. The maximum Gasteiger partial charge on any atom is 0.141 e. The molecular weight excluding hydrogens is 436 g/mol. The summed E-state index contributed by atoms with van der Waals surface area (Å²) in [6.07, 6.45) is 1.55. The van der Waals surface area contributed by atoms with Crippen molar-refractivity contribution in [2.75, 3.05) is 25.6 Å². The van der Waals surface area contributed by atoms with Gasteiger partial charge in [-0.25, -0.2) is 15.0 Å². The quantitative estimate of drug-likeness (QED) is 0.281. The molecule has 0 saturated carbocycles. The Morgan fingerprint density at radius 2 is 1.79 bits per heavy atom. The van der Waals surface area contributed by atoms with Crippen molar-refractivity contribution in [1.82, 2.24) is 15.0 Å². The minimum Gasteiger partial charge on any atom is -0.491 e. The summed E-state index contributed by atoms with van der Waals surface area (Å²) in [6.45, 7) is 3.02. The molecule has 5 aromatic rings. The molecule has 5 rings (SSSR count). The number of anilines is 2. The molecular formula is C25H22N4O3S. The van der Waals surface area contributed by atoms with Crippen LogP contribution in [0.3, 0.4) is 0 Å². The van der Waals surface area contributed by atoms with Gasteiger partial charge in [0.05, 0.1) is 27.9 Å². The second-order valence-corrected chi connectivity index (χ2v) is 8.32. The van der Waals surface area contributed by atoms with Crippen LogP contribution in [0.2, 0.25) is 0 Å². The molecule has 0 spiro atoms. The lowest BCUT2D eigenvalue weighted by Gasteiger charge is -2.13. The summed E-state index contributed by atoms with van der Waals surface area (Å²) < 4.78 is 18.0. The van der Waals surface area contributed by atoms with Crippen LogP contribution < -0.4 is 14.8 Å². The summed E-state index contributed by atoms with van der Waals surface area (Å²) >= 11 is 1.62. The van der Waals surface area contributed by atoms with Gasteiger partial charge in [0.25, 0.3) is 0 Å². The molecule has 0 saturated heterocycles. The molecule has 0 bridgehead atoms. The van der Waals surface area contributed by atoms with Gasteiger partial charge in [0.1, 0.15) is 36.0 Å². The minimum absolute atomic E-state index is 0.481. The van der Waals surface area contributed by atoms with Crippen molar-refractivity contribution < 1.29 is 14.2 Å². The molecule has 2 heterocycles. The van der Waals surface area contributed by atoms with E-state index in [9.17, 15) is 0 Å². The highest BCUT2D eigenvalue weighted by Crippen LogP contribution is 2.32. The number of nitrogens with zero attached hydrogens (tertiary/aromatic N) is 3. The molecule has 0 aliphatic rings. The molecule has 0 atom stereocenters. The topological polar surface area (TPSA) is 78.4 Å². The molecule has 33 heavy (non-hydrogen) atoms. The number of methoxy groups -OCH3 is 1. The van der Waals surface area contributed by atoms with Gasteiger partial charge in [-0.05, 0) is 61.0 Å². The summed E-state index contributed by atoms with van der Waals surface area (Å²) in [7, 11) is 1.65. The number of thiazole rings is 1. The predicted molar refractivity (Wildman–Crippen MR) is 131 cm³/mol. The van der Waals surface area contributed by atoms with E-state index in [-0.39, 0.29) is 0 Å². The summed E-state index contributed by atoms with van der Waals surface area (Å²) in [4.78, 5) is 13.2. The molecule has 166 valence electrons. The van der Waals surface area contributed by atoms with Crippen molar-refractivity contribution in [2.45, 2.75) is 6.92 Å². The number of aromatic nitrogens is 3. The first-order valence-corrected chi connectivity index (χ1v) is 11.3. The number of rotatable bonds is 8. The third-order valence-corrected chi connectivity index (χ3v) is 5.94. The van der Waals surface area contributed by atoms with Crippen LogP contribution in [0.15, 0.2) is 66.4 Å². The highest BCUT2D eigenvalue weighted by atomic mass is 32.1. The zero-order chi connectivity index (χ0) is 22.6. The first-order valence-electron chi connectivity index (χ1n) is 10.4. The second kappa shape index (κ2) is 9.40. The van der Waals surface area contributed by atoms with E-state index < -0.39 is 0 Å². The van der Waals surface area contributed by atoms with E-state index >= 15 is 0 Å². The largest absolute Gasteiger partial charge is 0.491 e. The van der Waals surface area contributed by atoms with Gasteiger partial charge in [-0.3, -0.25) is 0 Å². The molecule has 3 aromatic carbocycles. The molecule has 0 unspecified atom stereocenters. The highest BCUT2D eigenvalue weighted by Gasteiger charge is 2.09. The maximum absolute atomic E-state index is 6.11. The van der Waals surface area contributed by atoms with Crippen molar-refractivity contribution in [3.05, 3.63) is 72.0 Å². The van der Waals surface area contributed by atoms with Crippen molar-refractivity contribution in [3.63, 3.8) is 0 Å². The standard InChI is InChI=1S/C25H22N4O3S/c1-16-11-17(3-7-23(16)32-19-5-8-24-22(13-19)28-15-33-24)29-25-20-12-18(31-10-9-30-2)4-6-21(20)26-14-27-25/h3-8,11-15H,9-10H2,1-2H3,(H,26,27,29). The zero-order valence-corrected chi connectivity index (χ0v) is 19.1. The van der Waals surface area contributed by atoms with Crippen LogP contribution in [0.25, 0.3) is 21.1 Å². The molecule has 0 radical (unpaired) electrons. The van der Waals surface area contributed by atoms with Crippen molar-refractivity contribution >= 4 is 44.0 Å². The Kier molecular flexibility index (Phi) is 6.01. The fourth-order valence-electron chi connectivity index (χ4n) is 3.47. The van der Waals surface area contributed by atoms with Crippen molar-refractivity contribution in [2.24, 2.45) is 0 Å².